The Balaban J connectivity index is 1.94. The van der Waals surface area contributed by atoms with Gasteiger partial charge in [-0.2, -0.15) is 0 Å². The van der Waals surface area contributed by atoms with E-state index in [0.717, 1.165) is 17.6 Å². The number of carbonyl (C=O) groups is 4. The normalized spacial score (nSPS) is 17.2. The number of para-hydroxylation sites is 1. The number of rotatable bonds is 7. The minimum Gasteiger partial charge on any atom is -0.493 e. The van der Waals surface area contributed by atoms with Crippen molar-refractivity contribution in [2.75, 3.05) is 41.4 Å². The maximum absolute atomic E-state index is 13.1. The van der Waals surface area contributed by atoms with E-state index in [0.29, 0.717) is 18.8 Å². The first kappa shape index (κ1) is 24.8. The fraction of sp³-hybridized carbons (Fsp3) is 0.286. The third-order valence-corrected chi connectivity index (χ3v) is 6.56. The summed E-state index contributed by atoms with van der Waals surface area (Å²) in [6.45, 7) is 0.874. The van der Waals surface area contributed by atoms with Gasteiger partial charge in [0.15, 0.2) is 11.5 Å². The molecule has 1 spiro atoms. The van der Waals surface area contributed by atoms with E-state index in [2.05, 4.69) is 15.6 Å². The summed E-state index contributed by atoms with van der Waals surface area (Å²) < 4.78 is 21.2. The lowest BCUT2D eigenvalue weighted by Gasteiger charge is -2.34. The highest BCUT2D eigenvalue weighted by atomic mass is 32.3. The van der Waals surface area contributed by atoms with Crippen molar-refractivity contribution in [3.8, 4) is 11.5 Å². The number of amidine groups is 1. The summed E-state index contributed by atoms with van der Waals surface area (Å²) in [5, 5.41) is 6.00. The van der Waals surface area contributed by atoms with Crippen LogP contribution in [0.4, 0.5) is 0 Å². The lowest BCUT2D eigenvalue weighted by Crippen LogP contribution is -2.35. The quantitative estimate of drug-likeness (QED) is 0.559. The number of nitrogens with one attached hydrogen (secondary N) is 2. The highest BCUT2D eigenvalue weighted by molar-refractivity contribution is 8.41. The van der Waals surface area contributed by atoms with Gasteiger partial charge >= 0.3 is 11.9 Å². The number of amides is 2. The van der Waals surface area contributed by atoms with Crippen molar-refractivity contribution < 1.29 is 37.0 Å². The number of hydrogen-bond donors (Lipinski definition) is 2. The number of methoxy groups -OCH3 is 2. The fourth-order valence-corrected chi connectivity index (χ4v) is 4.81. The summed E-state index contributed by atoms with van der Waals surface area (Å²) in [5.41, 5.74) is -0.100. The third kappa shape index (κ3) is 5.38. The topological polar surface area (TPSA) is 145 Å². The standard InChI is InChI=1S/C21H24N4O8S/c1-25(2)11-10-22-20(29)14-12-34(32-16(26)8-9-17(27)33-34)21(23-14)24-19(28)13-6-5-7-15(30-3)18(13)31-4/h5-9,12H,10-11H2,1-4H3,(H,22,29)(H,23,24,28). The van der Waals surface area contributed by atoms with Gasteiger partial charge in [-0.15, -0.1) is 0 Å². The van der Waals surface area contributed by atoms with Crippen LogP contribution >= 0.6 is 10.6 Å². The molecule has 12 nitrogen and oxygen atoms in total. The van der Waals surface area contributed by atoms with Crippen LogP contribution in [-0.4, -0.2) is 75.2 Å². The summed E-state index contributed by atoms with van der Waals surface area (Å²) in [7, 11) is 3.11. The molecule has 0 bridgehead atoms. The predicted molar refractivity (Wildman–Crippen MR) is 123 cm³/mol. The molecule has 34 heavy (non-hydrogen) atoms. The maximum atomic E-state index is 13.1. The van der Waals surface area contributed by atoms with Gasteiger partial charge in [-0.25, -0.2) is 14.6 Å². The molecular weight excluding hydrogens is 468 g/mol. The van der Waals surface area contributed by atoms with Gasteiger partial charge < -0.3 is 28.1 Å². The van der Waals surface area contributed by atoms with E-state index in [9.17, 15) is 19.2 Å². The molecule has 0 aliphatic carbocycles. The lowest BCUT2D eigenvalue weighted by atomic mass is 10.1. The van der Waals surface area contributed by atoms with Gasteiger partial charge in [0.2, 0.25) is 5.17 Å². The molecule has 0 saturated heterocycles. The molecule has 0 saturated carbocycles. The van der Waals surface area contributed by atoms with Gasteiger partial charge in [0.25, 0.3) is 11.8 Å². The van der Waals surface area contributed by atoms with Crippen LogP contribution in [0.25, 0.3) is 0 Å². The molecular formula is C21H24N4O8S. The molecule has 2 aliphatic rings. The fourth-order valence-electron chi connectivity index (χ4n) is 2.90. The summed E-state index contributed by atoms with van der Waals surface area (Å²) in [6, 6.07) is 4.66. The zero-order chi connectivity index (χ0) is 24.9. The molecule has 2 N–H and O–H groups in total. The van der Waals surface area contributed by atoms with E-state index in [1.165, 1.54) is 20.3 Å². The Morgan fingerprint density at radius 2 is 1.74 bits per heavy atom. The Hall–Kier alpha value is -3.84. The molecule has 1 aromatic carbocycles. The zero-order valence-corrected chi connectivity index (χ0v) is 19.8. The number of carbonyl (C=O) groups excluding carboxylic acids is 4. The van der Waals surface area contributed by atoms with Crippen LogP contribution < -0.4 is 20.1 Å². The number of likely N-dealkylation sites (N-methyl/N-ethyl adjacent to an activating group) is 1. The smallest absolute Gasteiger partial charge is 0.354 e. The minimum absolute atomic E-state index is 0.0763. The van der Waals surface area contributed by atoms with E-state index >= 15 is 0 Å². The number of benzene rings is 1. The van der Waals surface area contributed by atoms with Crippen molar-refractivity contribution in [1.29, 1.82) is 0 Å². The first-order valence-corrected chi connectivity index (χ1v) is 11.5. The van der Waals surface area contributed by atoms with E-state index in [1.54, 1.807) is 12.1 Å². The van der Waals surface area contributed by atoms with Crippen LogP contribution in [0.3, 0.4) is 0 Å². The monoisotopic (exact) mass is 492 g/mol. The summed E-state index contributed by atoms with van der Waals surface area (Å²) >= 11 is 0. The van der Waals surface area contributed by atoms with Crippen LogP contribution in [0.5, 0.6) is 11.5 Å². The summed E-state index contributed by atoms with van der Waals surface area (Å²) in [6.07, 6.45) is 1.77. The van der Waals surface area contributed by atoms with Crippen molar-refractivity contribution in [2.45, 2.75) is 0 Å². The molecule has 1 aromatic rings. The van der Waals surface area contributed by atoms with Crippen molar-refractivity contribution in [3.63, 3.8) is 0 Å². The molecule has 13 heteroatoms. The van der Waals surface area contributed by atoms with Crippen LogP contribution in [0.1, 0.15) is 10.4 Å². The second-order valence-electron chi connectivity index (χ2n) is 7.16. The van der Waals surface area contributed by atoms with Crippen molar-refractivity contribution in [2.24, 2.45) is 4.99 Å². The van der Waals surface area contributed by atoms with Crippen molar-refractivity contribution in [1.82, 2.24) is 15.5 Å². The molecule has 0 unspecified atom stereocenters. The Morgan fingerprint density at radius 1 is 1.06 bits per heavy atom. The van der Waals surface area contributed by atoms with Crippen molar-refractivity contribution in [3.05, 3.63) is 47.0 Å². The average molecular weight is 493 g/mol. The molecule has 3 rings (SSSR count). The van der Waals surface area contributed by atoms with Gasteiger partial charge in [0.1, 0.15) is 5.70 Å². The van der Waals surface area contributed by atoms with Gasteiger partial charge in [-0.05, 0) is 36.8 Å². The number of aliphatic imine (C=N–C) groups is 1. The zero-order valence-electron chi connectivity index (χ0n) is 18.9. The SMILES string of the molecule is COc1cccc(C(=O)NC2=NC(C(=O)NCCN(C)C)=CS23OC(=O)C=CC(=O)O3)c1OC. The molecule has 0 radical (unpaired) electrons. The summed E-state index contributed by atoms with van der Waals surface area (Å²) in [4.78, 5) is 56.0. The highest BCUT2D eigenvalue weighted by Crippen LogP contribution is 2.58. The largest absolute Gasteiger partial charge is 0.493 e. The second kappa shape index (κ2) is 10.4. The Labute approximate surface area is 197 Å². The van der Waals surface area contributed by atoms with Crippen LogP contribution in [0.15, 0.2) is 46.4 Å². The van der Waals surface area contributed by atoms with Gasteiger partial charge in [0.05, 0.1) is 25.2 Å². The molecule has 2 amide bonds. The Bertz CT molecular complexity index is 1090. The maximum Gasteiger partial charge on any atom is 0.354 e. The van der Waals surface area contributed by atoms with Gasteiger partial charge in [-0.3, -0.25) is 14.9 Å². The molecule has 0 fully saturated rings. The first-order valence-electron chi connectivity index (χ1n) is 9.93. The Kier molecular flexibility index (Phi) is 7.58. The van der Waals surface area contributed by atoms with E-state index in [4.69, 9.17) is 17.8 Å². The first-order chi connectivity index (χ1) is 16.2. The third-order valence-electron chi connectivity index (χ3n) is 4.47. The minimum atomic E-state index is -3.36. The average Bonchev–Trinajstić information content (AvgIpc) is 3.05. The molecule has 0 atom stereocenters. The van der Waals surface area contributed by atoms with Gasteiger partial charge in [-0.1, -0.05) is 6.07 Å². The van der Waals surface area contributed by atoms with Crippen LogP contribution in [0.2, 0.25) is 0 Å². The van der Waals surface area contributed by atoms with Crippen LogP contribution in [-0.2, 0) is 22.7 Å². The molecule has 2 heterocycles. The van der Waals surface area contributed by atoms with E-state index in [1.807, 2.05) is 19.0 Å². The molecule has 2 aliphatic heterocycles. The number of ether oxygens (including phenoxy) is 2. The second-order valence-corrected chi connectivity index (χ2v) is 9.20. The van der Waals surface area contributed by atoms with E-state index in [-0.39, 0.29) is 22.2 Å². The highest BCUT2D eigenvalue weighted by Gasteiger charge is 2.41. The van der Waals surface area contributed by atoms with Gasteiger partial charge in [0, 0.05) is 25.2 Å². The number of nitrogens with zero attached hydrogens (tertiary/aromatic N) is 2. The van der Waals surface area contributed by atoms with Crippen molar-refractivity contribution >= 4 is 39.5 Å². The number of hydrogen-bond acceptors (Lipinski definition) is 10. The molecule has 182 valence electrons. The summed E-state index contributed by atoms with van der Waals surface area (Å²) in [5.74, 6) is -2.65. The van der Waals surface area contributed by atoms with Crippen LogP contribution in [0, 0.1) is 0 Å². The predicted octanol–water partition coefficient (Wildman–Crippen LogP) is 0.613. The van der Waals surface area contributed by atoms with E-state index < -0.39 is 34.3 Å². The molecule has 0 aromatic heterocycles. The Morgan fingerprint density at radius 3 is 2.32 bits per heavy atom. The lowest BCUT2D eigenvalue weighted by molar-refractivity contribution is -0.129.